The minimum Gasteiger partial charge on any atom is -0.465 e. The van der Waals surface area contributed by atoms with Gasteiger partial charge in [-0.15, -0.1) is 0 Å². The molecular weight excluding hydrogens is 398 g/mol. The van der Waals surface area contributed by atoms with Crippen LogP contribution in [0.3, 0.4) is 0 Å². The lowest BCUT2D eigenvalue weighted by molar-refractivity contribution is -0.136. The number of rotatable bonds is 6. The van der Waals surface area contributed by atoms with Crippen molar-refractivity contribution in [3.63, 3.8) is 0 Å². The van der Waals surface area contributed by atoms with Crippen LogP contribution in [0.2, 0.25) is 0 Å². The summed E-state index contributed by atoms with van der Waals surface area (Å²) < 4.78 is 10.3. The first-order valence-corrected chi connectivity index (χ1v) is 9.21. The van der Waals surface area contributed by atoms with Crippen LogP contribution in [0.4, 0.5) is 5.69 Å². The highest BCUT2D eigenvalue weighted by atomic mass is 16.5. The summed E-state index contributed by atoms with van der Waals surface area (Å²) >= 11 is 0. The van der Waals surface area contributed by atoms with Crippen molar-refractivity contribution in [2.24, 2.45) is 5.10 Å². The monoisotopic (exact) mass is 417 g/mol. The average Bonchev–Trinajstić information content (AvgIpc) is 2.81. The predicted molar refractivity (Wildman–Crippen MR) is 115 cm³/mol. The van der Waals surface area contributed by atoms with Crippen LogP contribution in [0.25, 0.3) is 0 Å². The molecule has 0 saturated carbocycles. The molecule has 8 nitrogen and oxygen atoms in total. The number of para-hydroxylation sites is 1. The number of hydrazone groups is 1. The van der Waals surface area contributed by atoms with E-state index in [1.165, 1.54) is 13.3 Å². The number of hydrogen-bond donors (Lipinski definition) is 2. The standard InChI is InChI=1S/C23H19N3O5/c1-30-23(29)17-9-7-16(8-10-17)15-24-26-22(28)21(27)25-18-11-13-20(14-12-18)31-19-5-3-2-4-6-19/h2-15H,1H3,(H,25,27)(H,26,28)/b24-15-. The molecule has 0 aromatic heterocycles. The Hall–Kier alpha value is -4.46. The zero-order valence-corrected chi connectivity index (χ0v) is 16.6. The maximum absolute atomic E-state index is 12.0. The molecule has 0 atom stereocenters. The van der Waals surface area contributed by atoms with Gasteiger partial charge in [-0.2, -0.15) is 5.10 Å². The Morgan fingerprint density at radius 1 is 0.806 bits per heavy atom. The van der Waals surface area contributed by atoms with Crippen LogP contribution in [-0.4, -0.2) is 31.1 Å². The highest BCUT2D eigenvalue weighted by molar-refractivity contribution is 6.39. The largest absolute Gasteiger partial charge is 0.465 e. The molecule has 2 amide bonds. The molecule has 0 spiro atoms. The summed E-state index contributed by atoms with van der Waals surface area (Å²) in [5.74, 6) is -0.956. The highest BCUT2D eigenvalue weighted by Crippen LogP contribution is 2.22. The number of carbonyl (C=O) groups excluding carboxylic acids is 3. The van der Waals surface area contributed by atoms with Crippen molar-refractivity contribution < 1.29 is 23.9 Å². The molecule has 3 aromatic carbocycles. The van der Waals surface area contributed by atoms with E-state index in [-0.39, 0.29) is 0 Å². The molecule has 2 N–H and O–H groups in total. The third kappa shape index (κ3) is 6.26. The van der Waals surface area contributed by atoms with Gasteiger partial charge in [-0.05, 0) is 54.1 Å². The molecule has 0 bridgehead atoms. The number of carbonyl (C=O) groups is 3. The van der Waals surface area contributed by atoms with E-state index >= 15 is 0 Å². The zero-order chi connectivity index (χ0) is 22.1. The SMILES string of the molecule is COC(=O)c1ccc(/C=N\NC(=O)C(=O)Nc2ccc(Oc3ccccc3)cc2)cc1. The fourth-order valence-corrected chi connectivity index (χ4v) is 2.46. The molecule has 0 fully saturated rings. The molecule has 3 rings (SSSR count). The van der Waals surface area contributed by atoms with E-state index in [1.54, 1.807) is 48.5 Å². The Balaban J connectivity index is 1.49. The lowest BCUT2D eigenvalue weighted by Crippen LogP contribution is -2.32. The van der Waals surface area contributed by atoms with E-state index in [1.807, 2.05) is 30.3 Å². The van der Waals surface area contributed by atoms with Gasteiger partial charge in [0, 0.05) is 5.69 Å². The Morgan fingerprint density at radius 3 is 2.10 bits per heavy atom. The van der Waals surface area contributed by atoms with Crippen molar-refractivity contribution in [2.45, 2.75) is 0 Å². The third-order valence-corrected chi connectivity index (χ3v) is 4.01. The average molecular weight is 417 g/mol. The number of amides is 2. The van der Waals surface area contributed by atoms with Gasteiger partial charge in [0.05, 0.1) is 18.9 Å². The number of esters is 1. The van der Waals surface area contributed by atoms with Crippen LogP contribution in [0.1, 0.15) is 15.9 Å². The Labute approximate surface area is 178 Å². The second kappa shape index (κ2) is 10.4. The van der Waals surface area contributed by atoms with Gasteiger partial charge >= 0.3 is 17.8 Å². The van der Waals surface area contributed by atoms with Crippen LogP contribution in [0.5, 0.6) is 11.5 Å². The first-order valence-electron chi connectivity index (χ1n) is 9.21. The first-order chi connectivity index (χ1) is 15.0. The van der Waals surface area contributed by atoms with Gasteiger partial charge in [-0.25, -0.2) is 10.2 Å². The van der Waals surface area contributed by atoms with Crippen molar-refractivity contribution in [3.8, 4) is 11.5 Å². The second-order valence-electron chi connectivity index (χ2n) is 6.21. The molecule has 0 aliphatic carbocycles. The molecule has 0 aliphatic rings. The van der Waals surface area contributed by atoms with E-state index in [0.717, 1.165) is 0 Å². The molecule has 0 saturated heterocycles. The minimum absolute atomic E-state index is 0.392. The van der Waals surface area contributed by atoms with Crippen molar-refractivity contribution in [2.75, 3.05) is 12.4 Å². The van der Waals surface area contributed by atoms with Crippen LogP contribution in [0, 0.1) is 0 Å². The molecule has 0 heterocycles. The Bertz CT molecular complexity index is 1080. The number of methoxy groups -OCH3 is 1. The Morgan fingerprint density at radius 2 is 1.45 bits per heavy atom. The normalized spacial score (nSPS) is 10.4. The van der Waals surface area contributed by atoms with Crippen molar-refractivity contribution in [1.29, 1.82) is 0 Å². The molecule has 156 valence electrons. The van der Waals surface area contributed by atoms with Gasteiger partial charge in [0.25, 0.3) is 0 Å². The molecular formula is C23H19N3O5. The van der Waals surface area contributed by atoms with Gasteiger partial charge < -0.3 is 14.8 Å². The molecule has 3 aromatic rings. The summed E-state index contributed by atoms with van der Waals surface area (Å²) in [6.45, 7) is 0. The van der Waals surface area contributed by atoms with E-state index in [4.69, 9.17) is 4.74 Å². The van der Waals surface area contributed by atoms with E-state index < -0.39 is 17.8 Å². The summed E-state index contributed by atoms with van der Waals surface area (Å²) in [5, 5.41) is 6.21. The lowest BCUT2D eigenvalue weighted by atomic mass is 10.1. The van der Waals surface area contributed by atoms with Gasteiger partial charge in [0.2, 0.25) is 0 Å². The van der Waals surface area contributed by atoms with Crippen LogP contribution >= 0.6 is 0 Å². The van der Waals surface area contributed by atoms with E-state index in [2.05, 4.69) is 20.6 Å². The van der Waals surface area contributed by atoms with E-state index in [0.29, 0.717) is 28.3 Å². The number of hydrogen-bond acceptors (Lipinski definition) is 6. The number of benzene rings is 3. The highest BCUT2D eigenvalue weighted by Gasteiger charge is 2.13. The van der Waals surface area contributed by atoms with Gasteiger partial charge in [0.15, 0.2) is 0 Å². The van der Waals surface area contributed by atoms with Crippen LogP contribution in [-0.2, 0) is 14.3 Å². The topological polar surface area (TPSA) is 106 Å². The van der Waals surface area contributed by atoms with Crippen LogP contribution in [0.15, 0.2) is 84.0 Å². The minimum atomic E-state index is -0.924. The molecule has 0 radical (unpaired) electrons. The number of ether oxygens (including phenoxy) is 2. The predicted octanol–water partition coefficient (Wildman–Crippen LogP) is 3.35. The molecule has 8 heteroatoms. The summed E-state index contributed by atoms with van der Waals surface area (Å²) in [6, 6.07) is 22.2. The molecule has 0 aliphatic heterocycles. The van der Waals surface area contributed by atoms with Gasteiger partial charge in [0.1, 0.15) is 11.5 Å². The van der Waals surface area contributed by atoms with Crippen LogP contribution < -0.4 is 15.5 Å². The summed E-state index contributed by atoms with van der Waals surface area (Å²) in [6.07, 6.45) is 1.35. The number of nitrogens with one attached hydrogen (secondary N) is 2. The van der Waals surface area contributed by atoms with Gasteiger partial charge in [-0.3, -0.25) is 9.59 Å². The summed E-state index contributed by atoms with van der Waals surface area (Å²) in [5.41, 5.74) is 3.60. The smallest absolute Gasteiger partial charge is 0.337 e. The number of anilines is 1. The van der Waals surface area contributed by atoms with Gasteiger partial charge in [-0.1, -0.05) is 30.3 Å². The fourth-order valence-electron chi connectivity index (χ4n) is 2.46. The molecule has 0 unspecified atom stereocenters. The fraction of sp³-hybridized carbons (Fsp3) is 0.0435. The van der Waals surface area contributed by atoms with Crippen molar-refractivity contribution >= 4 is 29.7 Å². The van der Waals surface area contributed by atoms with E-state index in [9.17, 15) is 14.4 Å². The maximum atomic E-state index is 12.0. The number of nitrogens with zero attached hydrogens (tertiary/aromatic N) is 1. The zero-order valence-electron chi connectivity index (χ0n) is 16.6. The quantitative estimate of drug-likeness (QED) is 0.277. The lowest BCUT2D eigenvalue weighted by Gasteiger charge is -2.07. The second-order valence-corrected chi connectivity index (χ2v) is 6.21. The maximum Gasteiger partial charge on any atom is 0.337 e. The molecule has 31 heavy (non-hydrogen) atoms. The summed E-state index contributed by atoms with van der Waals surface area (Å²) in [7, 11) is 1.30. The third-order valence-electron chi connectivity index (χ3n) is 4.01. The van der Waals surface area contributed by atoms with Crippen molar-refractivity contribution in [3.05, 3.63) is 90.0 Å². The first kappa shape index (κ1) is 21.3. The summed E-state index contributed by atoms with van der Waals surface area (Å²) in [4.78, 5) is 35.3. The van der Waals surface area contributed by atoms with Crippen molar-refractivity contribution in [1.82, 2.24) is 5.43 Å². The Kier molecular flexibility index (Phi) is 7.10.